The van der Waals surface area contributed by atoms with Crippen molar-refractivity contribution in [2.24, 2.45) is 0 Å². The highest BCUT2D eigenvalue weighted by molar-refractivity contribution is 5.63. The first-order valence-electron chi connectivity index (χ1n) is 5.34. The van der Waals surface area contributed by atoms with Gasteiger partial charge < -0.3 is 4.90 Å². The zero-order valence-electron chi connectivity index (χ0n) is 9.91. The highest BCUT2D eigenvalue weighted by atomic mass is 15.1. The smallest absolute Gasteiger partial charge is 0.101 e. The Balaban J connectivity index is 3.18. The molecule has 80 valence electrons. The van der Waals surface area contributed by atoms with Gasteiger partial charge in [0.05, 0.1) is 11.3 Å². The first kappa shape index (κ1) is 11.6. The maximum atomic E-state index is 9.07. The maximum Gasteiger partial charge on any atom is 0.101 e. The van der Waals surface area contributed by atoms with Crippen LogP contribution in [0.2, 0.25) is 0 Å². The molecule has 0 N–H and O–H groups in total. The van der Waals surface area contributed by atoms with E-state index in [4.69, 9.17) is 5.26 Å². The van der Waals surface area contributed by atoms with Crippen LogP contribution >= 0.6 is 0 Å². The second kappa shape index (κ2) is 4.84. The number of nitrogens with zero attached hydrogens (tertiary/aromatic N) is 2. The normalized spacial score (nSPS) is 11.9. The molecule has 0 aliphatic heterocycles. The minimum Gasteiger partial charge on any atom is -0.371 e. The van der Waals surface area contributed by atoms with Crippen molar-refractivity contribution >= 4 is 5.69 Å². The lowest BCUT2D eigenvalue weighted by Gasteiger charge is -2.28. The molecule has 0 heterocycles. The summed E-state index contributed by atoms with van der Waals surface area (Å²) >= 11 is 0. The van der Waals surface area contributed by atoms with Gasteiger partial charge in [0.2, 0.25) is 0 Å². The average Bonchev–Trinajstić information content (AvgIpc) is 2.26. The van der Waals surface area contributed by atoms with Gasteiger partial charge in [-0.3, -0.25) is 0 Å². The Morgan fingerprint density at radius 1 is 1.47 bits per heavy atom. The van der Waals surface area contributed by atoms with Gasteiger partial charge in [0.15, 0.2) is 0 Å². The quantitative estimate of drug-likeness (QED) is 0.753. The molecule has 0 bridgehead atoms. The zero-order valence-corrected chi connectivity index (χ0v) is 9.91. The van der Waals surface area contributed by atoms with Crippen LogP contribution in [-0.2, 0) is 0 Å². The summed E-state index contributed by atoms with van der Waals surface area (Å²) in [5, 5.41) is 9.07. The first-order valence-corrected chi connectivity index (χ1v) is 5.34. The van der Waals surface area contributed by atoms with E-state index in [2.05, 4.69) is 44.9 Å². The molecule has 0 saturated heterocycles. The van der Waals surface area contributed by atoms with Crippen LogP contribution in [0.3, 0.4) is 0 Å². The third kappa shape index (κ3) is 2.30. The topological polar surface area (TPSA) is 27.0 Å². The van der Waals surface area contributed by atoms with E-state index in [1.54, 1.807) is 0 Å². The van der Waals surface area contributed by atoms with Gasteiger partial charge in [0.1, 0.15) is 6.07 Å². The van der Waals surface area contributed by atoms with Crippen LogP contribution in [0.5, 0.6) is 0 Å². The Morgan fingerprint density at radius 3 is 2.67 bits per heavy atom. The molecule has 0 spiro atoms. The van der Waals surface area contributed by atoms with Gasteiger partial charge in [-0.1, -0.05) is 19.1 Å². The van der Waals surface area contributed by atoms with Gasteiger partial charge in [-0.05, 0) is 31.9 Å². The fourth-order valence-electron chi connectivity index (χ4n) is 1.71. The SMILES string of the molecule is CCC(C)N(C)c1c(C)cccc1C#N. The summed E-state index contributed by atoms with van der Waals surface area (Å²) in [4.78, 5) is 2.19. The van der Waals surface area contributed by atoms with Crippen molar-refractivity contribution in [3.8, 4) is 6.07 Å². The summed E-state index contributed by atoms with van der Waals surface area (Å²) in [6.45, 7) is 6.38. The number of anilines is 1. The van der Waals surface area contributed by atoms with Crippen LogP contribution in [0.4, 0.5) is 5.69 Å². The largest absolute Gasteiger partial charge is 0.371 e. The van der Waals surface area contributed by atoms with Crippen molar-refractivity contribution in [3.05, 3.63) is 29.3 Å². The van der Waals surface area contributed by atoms with Crippen molar-refractivity contribution in [2.45, 2.75) is 33.2 Å². The lowest BCUT2D eigenvalue weighted by molar-refractivity contribution is 0.662. The molecule has 2 nitrogen and oxygen atoms in total. The number of hydrogen-bond acceptors (Lipinski definition) is 2. The fraction of sp³-hybridized carbons (Fsp3) is 0.462. The van der Waals surface area contributed by atoms with Gasteiger partial charge in [-0.2, -0.15) is 5.26 Å². The van der Waals surface area contributed by atoms with Crippen LogP contribution in [0.1, 0.15) is 31.4 Å². The summed E-state index contributed by atoms with van der Waals surface area (Å²) in [7, 11) is 2.05. The minimum absolute atomic E-state index is 0.457. The number of hydrogen-bond donors (Lipinski definition) is 0. The monoisotopic (exact) mass is 202 g/mol. The maximum absolute atomic E-state index is 9.07. The molecule has 1 aromatic rings. The molecular formula is C13H18N2. The Morgan fingerprint density at radius 2 is 2.13 bits per heavy atom. The van der Waals surface area contributed by atoms with Crippen molar-refractivity contribution in [2.75, 3.05) is 11.9 Å². The van der Waals surface area contributed by atoms with E-state index in [1.807, 2.05) is 12.1 Å². The standard InChI is InChI=1S/C13H18N2/c1-5-11(3)15(4)13-10(2)7-6-8-12(13)9-14/h6-8,11H,5H2,1-4H3. The van der Waals surface area contributed by atoms with E-state index >= 15 is 0 Å². The van der Waals surface area contributed by atoms with Crippen LogP contribution in [0.25, 0.3) is 0 Å². The molecule has 0 aliphatic rings. The third-order valence-corrected chi connectivity index (χ3v) is 2.96. The fourth-order valence-corrected chi connectivity index (χ4v) is 1.71. The van der Waals surface area contributed by atoms with E-state index in [0.29, 0.717) is 6.04 Å². The lowest BCUT2D eigenvalue weighted by atomic mass is 10.1. The summed E-state index contributed by atoms with van der Waals surface area (Å²) < 4.78 is 0. The highest BCUT2D eigenvalue weighted by Crippen LogP contribution is 2.25. The van der Waals surface area contributed by atoms with Crippen LogP contribution in [-0.4, -0.2) is 13.1 Å². The molecule has 1 atom stereocenters. The van der Waals surface area contributed by atoms with Gasteiger partial charge in [-0.25, -0.2) is 0 Å². The Labute approximate surface area is 92.1 Å². The van der Waals surface area contributed by atoms with E-state index in [-0.39, 0.29) is 0 Å². The molecule has 0 saturated carbocycles. The highest BCUT2D eigenvalue weighted by Gasteiger charge is 2.13. The average molecular weight is 202 g/mol. The van der Waals surface area contributed by atoms with Crippen molar-refractivity contribution < 1.29 is 0 Å². The summed E-state index contributed by atoms with van der Waals surface area (Å²) in [5.74, 6) is 0. The molecule has 0 amide bonds. The minimum atomic E-state index is 0.457. The number of rotatable bonds is 3. The molecular weight excluding hydrogens is 184 g/mol. The van der Waals surface area contributed by atoms with E-state index < -0.39 is 0 Å². The molecule has 1 unspecified atom stereocenters. The van der Waals surface area contributed by atoms with E-state index in [1.165, 1.54) is 0 Å². The molecule has 15 heavy (non-hydrogen) atoms. The number of benzene rings is 1. The molecule has 0 aliphatic carbocycles. The molecule has 1 aromatic carbocycles. The summed E-state index contributed by atoms with van der Waals surface area (Å²) in [6.07, 6.45) is 1.08. The molecule has 1 rings (SSSR count). The van der Waals surface area contributed by atoms with Gasteiger partial charge in [0.25, 0.3) is 0 Å². The number of nitriles is 1. The van der Waals surface area contributed by atoms with Crippen molar-refractivity contribution in [1.82, 2.24) is 0 Å². The Kier molecular flexibility index (Phi) is 3.74. The molecule has 0 aromatic heterocycles. The number of para-hydroxylation sites is 1. The van der Waals surface area contributed by atoms with Gasteiger partial charge >= 0.3 is 0 Å². The van der Waals surface area contributed by atoms with Crippen molar-refractivity contribution in [1.29, 1.82) is 5.26 Å². The Hall–Kier alpha value is -1.49. The zero-order chi connectivity index (χ0) is 11.4. The molecule has 2 heteroatoms. The van der Waals surface area contributed by atoms with Gasteiger partial charge in [-0.15, -0.1) is 0 Å². The summed E-state index contributed by atoms with van der Waals surface area (Å²) in [5.41, 5.74) is 2.99. The first-order chi connectivity index (χ1) is 7.11. The predicted octanol–water partition coefficient (Wildman–Crippen LogP) is 3.10. The number of aryl methyl sites for hydroxylation is 1. The second-order valence-electron chi connectivity index (χ2n) is 3.95. The molecule has 0 fully saturated rings. The summed E-state index contributed by atoms with van der Waals surface area (Å²) in [6, 6.07) is 8.57. The molecule has 0 radical (unpaired) electrons. The van der Waals surface area contributed by atoms with Crippen LogP contribution in [0.15, 0.2) is 18.2 Å². The van der Waals surface area contributed by atoms with Crippen molar-refractivity contribution in [3.63, 3.8) is 0 Å². The second-order valence-corrected chi connectivity index (χ2v) is 3.95. The third-order valence-electron chi connectivity index (χ3n) is 2.96. The van der Waals surface area contributed by atoms with Crippen LogP contribution < -0.4 is 4.90 Å². The van der Waals surface area contributed by atoms with E-state index in [0.717, 1.165) is 23.2 Å². The van der Waals surface area contributed by atoms with Gasteiger partial charge in [0, 0.05) is 13.1 Å². The van der Waals surface area contributed by atoms with E-state index in [9.17, 15) is 0 Å². The van der Waals surface area contributed by atoms with Crippen LogP contribution in [0, 0.1) is 18.3 Å². The predicted molar refractivity (Wildman–Crippen MR) is 64.1 cm³/mol. The lowest BCUT2D eigenvalue weighted by Crippen LogP contribution is -2.29. The Bertz CT molecular complexity index is 377.